The van der Waals surface area contributed by atoms with E-state index in [1.807, 2.05) is 5.40 Å². The highest BCUT2D eigenvalue weighted by atomic mass is 32.2. The molecule has 0 atom stereocenters. The molecule has 192 valence electrons. The minimum Gasteiger partial charge on any atom is -0.480 e. The number of aromatic nitrogens is 1. The first kappa shape index (κ1) is 28.8. The Morgan fingerprint density at radius 1 is 0.730 bits per heavy atom. The third kappa shape index (κ3) is 11.2. The number of benzene rings is 1. The van der Waals surface area contributed by atoms with Crippen LogP contribution in [0.3, 0.4) is 0 Å². The van der Waals surface area contributed by atoms with E-state index in [1.165, 1.54) is 0 Å². The van der Waals surface area contributed by atoms with Crippen molar-refractivity contribution in [1.29, 1.82) is 5.26 Å². The Balaban J connectivity index is 2.43. The molecule has 37 heavy (non-hydrogen) atoms. The van der Waals surface area contributed by atoms with E-state index in [0.29, 0.717) is 11.1 Å². The van der Waals surface area contributed by atoms with Crippen LogP contribution in [-0.4, -0.2) is 85.3 Å². The molecule has 1 aromatic heterocycles. The molecule has 12 nitrogen and oxygen atoms in total. The van der Waals surface area contributed by atoms with Crippen LogP contribution in [-0.2, 0) is 32.3 Å². The van der Waals surface area contributed by atoms with E-state index < -0.39 is 50.1 Å². The Morgan fingerprint density at radius 2 is 1.14 bits per heavy atom. The zero-order valence-electron chi connectivity index (χ0n) is 19.3. The van der Waals surface area contributed by atoms with Crippen LogP contribution in [0, 0.1) is 22.5 Å². The number of nitriles is 1. The van der Waals surface area contributed by atoms with Crippen LogP contribution < -0.4 is 0 Å². The molecule has 0 aliphatic rings. The molecule has 2 rings (SSSR count). The number of carboxylic acids is 4. The second-order valence-electron chi connectivity index (χ2n) is 7.67. The first-order chi connectivity index (χ1) is 17.5. The van der Waals surface area contributed by atoms with Gasteiger partial charge in [-0.25, -0.2) is 0 Å². The van der Waals surface area contributed by atoms with Gasteiger partial charge in [0.2, 0.25) is 0 Å². The molecule has 1 heterocycles. The van der Waals surface area contributed by atoms with Crippen molar-refractivity contribution < 1.29 is 39.6 Å². The summed E-state index contributed by atoms with van der Waals surface area (Å²) < 4.78 is 0. The molecule has 0 fully saturated rings. The molecule has 0 amide bonds. The predicted octanol–water partition coefficient (Wildman–Crippen LogP) is 0.997. The molecule has 2 aromatic rings. The zero-order chi connectivity index (χ0) is 27.4. The minimum absolute atomic E-state index is 0.154. The summed E-state index contributed by atoms with van der Waals surface area (Å²) in [6.45, 7) is -2.54. The maximum Gasteiger partial charge on any atom is 0.317 e. The Morgan fingerprint density at radius 3 is 1.51 bits per heavy atom. The van der Waals surface area contributed by atoms with Crippen molar-refractivity contribution in [2.45, 2.75) is 18.0 Å². The Bertz CT molecular complexity index is 1180. The topological polar surface area (TPSA) is 192 Å². The van der Waals surface area contributed by atoms with Crippen LogP contribution in [0.1, 0.15) is 22.5 Å². The van der Waals surface area contributed by atoms with E-state index in [-0.39, 0.29) is 24.5 Å². The van der Waals surface area contributed by atoms with Gasteiger partial charge >= 0.3 is 23.9 Å². The van der Waals surface area contributed by atoms with Crippen LogP contribution in [0.25, 0.3) is 0 Å². The van der Waals surface area contributed by atoms with Gasteiger partial charge in [-0.1, -0.05) is 11.8 Å². The van der Waals surface area contributed by atoms with Gasteiger partial charge in [-0.2, -0.15) is 5.26 Å². The summed E-state index contributed by atoms with van der Waals surface area (Å²) in [5.41, 5.74) is 1.61. The van der Waals surface area contributed by atoms with Crippen molar-refractivity contribution in [2.24, 2.45) is 0 Å². The standard InChI is InChI=1S/C24H22N4O8S/c25-15-37-20-5-3-16(4-6-20)1-2-17-7-18(9-27(11-21(29)30)12-22(31)32)26-19(8-17)10-28(13-23(33)34)14-24(35)36/h3-8H,9-14H2,(H,29,30)(H,31,32)(H,33,34)(H,35,36). The number of nitrogens with zero attached hydrogens (tertiary/aromatic N) is 4. The second-order valence-corrected chi connectivity index (χ2v) is 8.53. The van der Waals surface area contributed by atoms with Gasteiger partial charge in [0.1, 0.15) is 5.40 Å². The van der Waals surface area contributed by atoms with E-state index in [2.05, 4.69) is 16.8 Å². The van der Waals surface area contributed by atoms with E-state index in [4.69, 9.17) is 25.7 Å². The minimum atomic E-state index is -1.23. The van der Waals surface area contributed by atoms with E-state index >= 15 is 0 Å². The molecular formula is C24H22N4O8S. The van der Waals surface area contributed by atoms with Crippen molar-refractivity contribution in [3.05, 3.63) is 58.9 Å². The van der Waals surface area contributed by atoms with E-state index in [1.54, 1.807) is 36.4 Å². The Hall–Kier alpha value is -4.43. The molecule has 0 spiro atoms. The molecule has 0 bridgehead atoms. The van der Waals surface area contributed by atoms with Crippen molar-refractivity contribution in [3.8, 4) is 17.2 Å². The van der Waals surface area contributed by atoms with Crippen molar-refractivity contribution in [1.82, 2.24) is 14.8 Å². The predicted molar refractivity (Wildman–Crippen MR) is 129 cm³/mol. The Labute approximate surface area is 215 Å². The average Bonchev–Trinajstić information content (AvgIpc) is 2.77. The molecule has 4 N–H and O–H groups in total. The van der Waals surface area contributed by atoms with Gasteiger partial charge in [0.25, 0.3) is 0 Å². The summed E-state index contributed by atoms with van der Waals surface area (Å²) in [6, 6.07) is 9.99. The Kier molecular flexibility index (Phi) is 11.1. The van der Waals surface area contributed by atoms with Crippen molar-refractivity contribution in [3.63, 3.8) is 0 Å². The van der Waals surface area contributed by atoms with Gasteiger partial charge in [-0.05, 0) is 48.2 Å². The lowest BCUT2D eigenvalue weighted by Gasteiger charge is -2.20. The number of thiocyanates is 1. The first-order valence-electron chi connectivity index (χ1n) is 10.5. The summed E-state index contributed by atoms with van der Waals surface area (Å²) in [5, 5.41) is 47.2. The number of carboxylic acid groups (broad SMARTS) is 4. The molecule has 0 saturated carbocycles. The zero-order valence-corrected chi connectivity index (χ0v) is 20.1. The maximum atomic E-state index is 11.2. The van der Waals surface area contributed by atoms with Gasteiger partial charge in [0.05, 0.1) is 37.6 Å². The second kappa shape index (κ2) is 14.2. The lowest BCUT2D eigenvalue weighted by atomic mass is 10.1. The number of pyridine rings is 1. The fraction of sp³-hybridized carbons (Fsp3) is 0.250. The van der Waals surface area contributed by atoms with Gasteiger partial charge < -0.3 is 20.4 Å². The highest BCUT2D eigenvalue weighted by Gasteiger charge is 2.18. The summed E-state index contributed by atoms with van der Waals surface area (Å²) in [4.78, 5) is 52.1. The van der Waals surface area contributed by atoms with Gasteiger partial charge in [-0.15, -0.1) is 0 Å². The van der Waals surface area contributed by atoms with Crippen LogP contribution >= 0.6 is 11.8 Å². The lowest BCUT2D eigenvalue weighted by Crippen LogP contribution is -2.35. The van der Waals surface area contributed by atoms with Crippen molar-refractivity contribution >= 4 is 35.6 Å². The monoisotopic (exact) mass is 526 g/mol. The van der Waals surface area contributed by atoms with Crippen LogP contribution in [0.2, 0.25) is 0 Å². The maximum absolute atomic E-state index is 11.2. The highest BCUT2D eigenvalue weighted by Crippen LogP contribution is 2.17. The molecular weight excluding hydrogens is 504 g/mol. The molecule has 0 unspecified atom stereocenters. The normalized spacial score (nSPS) is 10.4. The van der Waals surface area contributed by atoms with Crippen molar-refractivity contribution in [2.75, 3.05) is 26.2 Å². The smallest absolute Gasteiger partial charge is 0.317 e. The number of carbonyl (C=O) groups is 4. The fourth-order valence-corrected chi connectivity index (χ4v) is 3.62. The summed E-state index contributed by atoms with van der Waals surface area (Å²) >= 11 is 1.00. The average molecular weight is 527 g/mol. The van der Waals surface area contributed by atoms with Crippen LogP contribution in [0.4, 0.5) is 0 Å². The van der Waals surface area contributed by atoms with Crippen LogP contribution in [0.15, 0.2) is 41.3 Å². The van der Waals surface area contributed by atoms with E-state index in [9.17, 15) is 19.2 Å². The number of aliphatic carboxylic acids is 4. The molecule has 13 heteroatoms. The van der Waals surface area contributed by atoms with E-state index in [0.717, 1.165) is 26.5 Å². The van der Waals surface area contributed by atoms with Gasteiger partial charge in [0.15, 0.2) is 0 Å². The molecule has 0 aliphatic carbocycles. The number of hydrogen-bond donors (Lipinski definition) is 4. The van der Waals surface area contributed by atoms with Gasteiger partial charge in [0, 0.05) is 29.1 Å². The lowest BCUT2D eigenvalue weighted by molar-refractivity contribution is -0.144. The molecule has 0 radical (unpaired) electrons. The number of thioether (sulfide) groups is 1. The molecule has 0 aliphatic heterocycles. The summed E-state index contributed by atoms with van der Waals surface area (Å²) in [6.07, 6.45) is 0. The van der Waals surface area contributed by atoms with Gasteiger partial charge in [-0.3, -0.25) is 34.0 Å². The third-order valence-corrected chi connectivity index (χ3v) is 5.11. The number of rotatable bonds is 13. The number of hydrogen-bond acceptors (Lipinski definition) is 9. The quantitative estimate of drug-likeness (QED) is 0.164. The third-order valence-electron chi connectivity index (χ3n) is 4.51. The summed E-state index contributed by atoms with van der Waals surface area (Å²) in [7, 11) is 0. The molecule has 1 aromatic carbocycles. The fourth-order valence-electron chi connectivity index (χ4n) is 3.25. The first-order valence-corrected chi connectivity index (χ1v) is 11.4. The highest BCUT2D eigenvalue weighted by molar-refractivity contribution is 8.03. The van der Waals surface area contributed by atoms with Crippen LogP contribution in [0.5, 0.6) is 0 Å². The summed E-state index contributed by atoms with van der Waals surface area (Å²) in [5.74, 6) is 0.958. The SMILES string of the molecule is N#CSc1ccc(C#Cc2cc(CN(CC(=O)O)CC(=O)O)nc(CN(CC(=O)O)CC(=O)O)c2)cc1. The largest absolute Gasteiger partial charge is 0.480 e. The molecule has 0 saturated heterocycles.